The predicted molar refractivity (Wildman–Crippen MR) is 92.9 cm³/mol. The third-order valence-electron chi connectivity index (χ3n) is 4.29. The summed E-state index contributed by atoms with van der Waals surface area (Å²) < 4.78 is 26.8. The second-order valence-electron chi connectivity index (χ2n) is 5.94. The Hall–Kier alpha value is -1.34. The highest BCUT2D eigenvalue weighted by Gasteiger charge is 2.36. The van der Waals surface area contributed by atoms with Crippen molar-refractivity contribution < 1.29 is 8.78 Å². The van der Waals surface area contributed by atoms with Crippen LogP contribution >= 0.6 is 11.8 Å². The fraction of sp³-hybridized carbons (Fsp3) is 0.562. The average molecular weight is 342 g/mol. The van der Waals surface area contributed by atoms with E-state index in [2.05, 4.69) is 34.6 Å². The van der Waals surface area contributed by atoms with E-state index in [1.807, 2.05) is 11.8 Å². The van der Waals surface area contributed by atoms with Gasteiger partial charge in [0.1, 0.15) is 11.6 Å². The van der Waals surface area contributed by atoms with Crippen LogP contribution in [0.1, 0.15) is 12.0 Å². The van der Waals surface area contributed by atoms with Crippen molar-refractivity contribution in [3.05, 3.63) is 35.4 Å². The molecular formula is C16H24F2N4S. The zero-order valence-electron chi connectivity index (χ0n) is 13.8. The molecule has 2 rings (SSSR count). The summed E-state index contributed by atoms with van der Waals surface area (Å²) in [5.41, 5.74) is 0.388. The van der Waals surface area contributed by atoms with Gasteiger partial charge in [0.25, 0.3) is 0 Å². The third kappa shape index (κ3) is 4.57. The summed E-state index contributed by atoms with van der Waals surface area (Å²) in [7, 11) is 5.85. The molecule has 0 saturated carbocycles. The second kappa shape index (κ2) is 7.97. The Balaban J connectivity index is 1.92. The number of hydrogen-bond acceptors (Lipinski definition) is 3. The molecule has 1 unspecified atom stereocenters. The molecule has 1 aliphatic heterocycles. The third-order valence-corrected chi connectivity index (χ3v) is 5.53. The molecule has 4 nitrogen and oxygen atoms in total. The van der Waals surface area contributed by atoms with Gasteiger partial charge >= 0.3 is 0 Å². The van der Waals surface area contributed by atoms with Crippen LogP contribution < -0.4 is 10.6 Å². The summed E-state index contributed by atoms with van der Waals surface area (Å²) in [4.78, 5) is 6.41. The van der Waals surface area contributed by atoms with E-state index >= 15 is 0 Å². The smallest absolute Gasteiger partial charge is 0.191 e. The molecule has 0 bridgehead atoms. The largest absolute Gasteiger partial charge is 0.355 e. The van der Waals surface area contributed by atoms with Crippen LogP contribution in [0.4, 0.5) is 8.78 Å². The maximum absolute atomic E-state index is 13.6. The first-order valence-corrected chi connectivity index (χ1v) is 8.76. The van der Waals surface area contributed by atoms with Gasteiger partial charge in [0.15, 0.2) is 5.96 Å². The van der Waals surface area contributed by atoms with Gasteiger partial charge < -0.3 is 15.5 Å². The normalized spacial score (nSPS) is 21.7. The summed E-state index contributed by atoms with van der Waals surface area (Å²) in [5, 5.41) is 6.35. The van der Waals surface area contributed by atoms with Crippen molar-refractivity contribution in [3.63, 3.8) is 0 Å². The molecule has 1 atom stereocenters. The molecule has 128 valence electrons. The summed E-state index contributed by atoms with van der Waals surface area (Å²) >= 11 is 1.95. The fourth-order valence-corrected chi connectivity index (χ4v) is 4.13. The molecule has 0 amide bonds. The molecule has 1 aromatic carbocycles. The lowest BCUT2D eigenvalue weighted by Gasteiger charge is -2.36. The van der Waals surface area contributed by atoms with Gasteiger partial charge in [0, 0.05) is 37.0 Å². The number of thioether (sulfide) groups is 1. The molecule has 2 N–H and O–H groups in total. The molecule has 23 heavy (non-hydrogen) atoms. The monoisotopic (exact) mass is 342 g/mol. The molecule has 1 aliphatic rings. The number of nitrogens with one attached hydrogen (secondary N) is 2. The van der Waals surface area contributed by atoms with Gasteiger partial charge in [-0.3, -0.25) is 4.99 Å². The van der Waals surface area contributed by atoms with Gasteiger partial charge in [-0.1, -0.05) is 0 Å². The fourth-order valence-electron chi connectivity index (χ4n) is 2.57. The van der Waals surface area contributed by atoms with Gasteiger partial charge in [0.2, 0.25) is 0 Å². The van der Waals surface area contributed by atoms with Crippen LogP contribution in [0.3, 0.4) is 0 Å². The first kappa shape index (κ1) is 18.0. The minimum atomic E-state index is -0.444. The van der Waals surface area contributed by atoms with Crippen molar-refractivity contribution in [2.75, 3.05) is 39.2 Å². The lowest BCUT2D eigenvalue weighted by molar-refractivity contribution is 0.183. The van der Waals surface area contributed by atoms with Crippen LogP contribution in [0.5, 0.6) is 0 Å². The molecule has 7 heteroatoms. The number of nitrogens with zero attached hydrogens (tertiary/aromatic N) is 2. The van der Waals surface area contributed by atoms with E-state index in [0.29, 0.717) is 5.96 Å². The Morgan fingerprint density at radius 2 is 2.13 bits per heavy atom. The summed E-state index contributed by atoms with van der Waals surface area (Å²) in [5.74, 6) is 1.95. The minimum Gasteiger partial charge on any atom is -0.355 e. The maximum atomic E-state index is 13.6. The van der Waals surface area contributed by atoms with E-state index in [4.69, 9.17) is 0 Å². The van der Waals surface area contributed by atoms with Crippen molar-refractivity contribution in [2.45, 2.75) is 18.5 Å². The molecule has 0 aromatic heterocycles. The van der Waals surface area contributed by atoms with Gasteiger partial charge in [-0.2, -0.15) is 11.8 Å². The lowest BCUT2D eigenvalue weighted by atomic mass is 9.97. The van der Waals surface area contributed by atoms with Crippen molar-refractivity contribution >= 4 is 17.7 Å². The van der Waals surface area contributed by atoms with Crippen molar-refractivity contribution in [3.8, 4) is 0 Å². The van der Waals surface area contributed by atoms with E-state index in [-0.39, 0.29) is 17.6 Å². The van der Waals surface area contributed by atoms with E-state index < -0.39 is 11.6 Å². The van der Waals surface area contributed by atoms with Crippen molar-refractivity contribution in [1.29, 1.82) is 0 Å². The van der Waals surface area contributed by atoms with E-state index in [1.165, 1.54) is 6.07 Å². The van der Waals surface area contributed by atoms with Crippen LogP contribution in [0.2, 0.25) is 0 Å². The van der Waals surface area contributed by atoms with Crippen LogP contribution in [0.15, 0.2) is 23.2 Å². The second-order valence-corrected chi connectivity index (χ2v) is 7.04. The highest BCUT2D eigenvalue weighted by molar-refractivity contribution is 7.99. The molecular weight excluding hydrogens is 318 g/mol. The number of hydrogen-bond donors (Lipinski definition) is 2. The van der Waals surface area contributed by atoms with Gasteiger partial charge in [-0.15, -0.1) is 0 Å². The summed E-state index contributed by atoms with van der Waals surface area (Å²) in [6.07, 6.45) is 1.12. The Kier molecular flexibility index (Phi) is 6.24. The van der Waals surface area contributed by atoms with E-state index in [9.17, 15) is 8.78 Å². The first-order chi connectivity index (χ1) is 11.0. The number of benzene rings is 1. The number of likely N-dealkylation sites (N-methyl/N-ethyl adjacent to an activating group) is 1. The number of halogens is 2. The quantitative estimate of drug-likeness (QED) is 0.635. The molecule has 1 aromatic rings. The lowest BCUT2D eigenvalue weighted by Crippen LogP contribution is -2.54. The molecule has 0 radical (unpaired) electrons. The van der Waals surface area contributed by atoms with Crippen LogP contribution in [0.25, 0.3) is 0 Å². The predicted octanol–water partition coefficient (Wildman–Crippen LogP) is 2.07. The molecule has 0 aliphatic carbocycles. The Morgan fingerprint density at radius 3 is 2.74 bits per heavy atom. The van der Waals surface area contributed by atoms with E-state index in [0.717, 1.165) is 36.6 Å². The van der Waals surface area contributed by atoms with Crippen LogP contribution in [0, 0.1) is 11.6 Å². The molecule has 1 heterocycles. The maximum Gasteiger partial charge on any atom is 0.191 e. The molecule has 1 fully saturated rings. The Labute approximate surface area is 140 Å². The van der Waals surface area contributed by atoms with Crippen molar-refractivity contribution in [1.82, 2.24) is 15.5 Å². The topological polar surface area (TPSA) is 39.7 Å². The average Bonchev–Trinajstić information content (AvgIpc) is 3.01. The minimum absolute atomic E-state index is 0.104. The van der Waals surface area contributed by atoms with Crippen LogP contribution in [-0.4, -0.2) is 55.6 Å². The highest BCUT2D eigenvalue weighted by atomic mass is 32.2. The Bertz CT molecular complexity index is 557. The molecule has 0 spiro atoms. The summed E-state index contributed by atoms with van der Waals surface area (Å²) in [6.45, 7) is 0.950. The zero-order valence-corrected chi connectivity index (χ0v) is 14.6. The van der Waals surface area contributed by atoms with Crippen molar-refractivity contribution in [2.24, 2.45) is 4.99 Å². The number of aliphatic imine (C=N–C) groups is 1. The highest BCUT2D eigenvalue weighted by Crippen LogP contribution is 2.31. The number of rotatable bonds is 5. The van der Waals surface area contributed by atoms with E-state index in [1.54, 1.807) is 7.05 Å². The number of guanidine groups is 1. The van der Waals surface area contributed by atoms with Crippen LogP contribution in [-0.2, 0) is 6.54 Å². The zero-order chi connectivity index (χ0) is 16.9. The molecule has 1 saturated heterocycles. The van der Waals surface area contributed by atoms with Gasteiger partial charge in [0.05, 0.1) is 0 Å². The first-order valence-electron chi connectivity index (χ1n) is 7.60. The van der Waals surface area contributed by atoms with Gasteiger partial charge in [-0.25, -0.2) is 8.78 Å². The standard InChI is InChI=1S/C16H24F2N4S/c1-19-15(20-9-12-8-13(17)4-5-14(12)18)21-10-16(22(2)3)6-7-23-11-16/h4-5,8H,6-7,9-11H2,1-3H3,(H2,19,20,21). The van der Waals surface area contributed by atoms with Gasteiger partial charge in [-0.05, 0) is 44.5 Å². The SMILES string of the molecule is CN=C(NCc1cc(F)ccc1F)NCC1(N(C)C)CCSC1. The summed E-state index contributed by atoms with van der Waals surface area (Å²) in [6, 6.07) is 3.45. The Morgan fingerprint density at radius 1 is 1.35 bits per heavy atom.